The monoisotopic (exact) mass is 473 g/mol. The highest BCUT2D eigenvalue weighted by molar-refractivity contribution is 5.94. The summed E-state index contributed by atoms with van der Waals surface area (Å²) in [5.74, 6) is -5.01. The van der Waals surface area contributed by atoms with E-state index in [0.29, 0.717) is 25.8 Å². The number of nitrogens with one attached hydrogen (secondary N) is 3. The second-order valence-corrected chi connectivity index (χ2v) is 8.81. The van der Waals surface area contributed by atoms with Crippen LogP contribution in [-0.4, -0.2) is 70.6 Å². The van der Waals surface area contributed by atoms with E-state index < -0.39 is 60.2 Å². The number of carbonyl (C=O) groups excluding carboxylic acids is 3. The molecule has 0 saturated heterocycles. The van der Waals surface area contributed by atoms with E-state index in [1.165, 1.54) is 0 Å². The molecule has 0 radical (unpaired) electrons. The van der Waals surface area contributed by atoms with Crippen molar-refractivity contribution in [3.05, 3.63) is 0 Å². The predicted molar refractivity (Wildman–Crippen MR) is 121 cm³/mol. The highest BCUT2D eigenvalue weighted by Crippen LogP contribution is 2.09. The molecule has 0 aliphatic rings. The summed E-state index contributed by atoms with van der Waals surface area (Å²) in [5, 5.41) is 25.4. The fraction of sp³-hybridized carbons (Fsp3) is 0.762. The van der Waals surface area contributed by atoms with E-state index in [2.05, 4.69) is 16.0 Å². The first-order chi connectivity index (χ1) is 15.3. The lowest BCUT2D eigenvalue weighted by molar-refractivity contribution is -0.147. The van der Waals surface area contributed by atoms with Crippen LogP contribution in [-0.2, 0) is 24.0 Å². The molecule has 4 unspecified atom stereocenters. The van der Waals surface area contributed by atoms with E-state index in [4.69, 9.17) is 16.6 Å². The zero-order valence-corrected chi connectivity index (χ0v) is 19.8. The molecule has 0 fully saturated rings. The molecule has 0 saturated carbocycles. The van der Waals surface area contributed by atoms with Gasteiger partial charge in [-0.2, -0.15) is 0 Å². The lowest BCUT2D eigenvalue weighted by Gasteiger charge is -2.27. The van der Waals surface area contributed by atoms with E-state index >= 15 is 0 Å². The molecule has 0 heterocycles. The molecule has 33 heavy (non-hydrogen) atoms. The standard InChI is InChI=1S/C21H39N5O7/c1-11(2)9-13(23)18(29)26-17(12(3)4)20(31)24-14(7-5-6-8-22)19(30)25-15(21(32)33)10-16(27)28/h11-15,17H,5-10,22-23H2,1-4H3,(H,24,31)(H,25,30)(H,26,29)(H,27,28)(H,32,33). The van der Waals surface area contributed by atoms with Crippen molar-refractivity contribution in [1.82, 2.24) is 16.0 Å². The number of hydrogen-bond acceptors (Lipinski definition) is 7. The van der Waals surface area contributed by atoms with Crippen molar-refractivity contribution in [3.63, 3.8) is 0 Å². The van der Waals surface area contributed by atoms with Gasteiger partial charge in [-0.1, -0.05) is 27.7 Å². The highest BCUT2D eigenvalue weighted by Gasteiger charge is 2.32. The molecule has 0 spiro atoms. The van der Waals surface area contributed by atoms with Gasteiger partial charge in [-0.15, -0.1) is 0 Å². The molecule has 3 amide bonds. The normalized spacial score (nSPS) is 14.8. The molecule has 12 heteroatoms. The lowest BCUT2D eigenvalue weighted by atomic mass is 9.99. The Bertz CT molecular complexity index is 684. The van der Waals surface area contributed by atoms with Crippen molar-refractivity contribution < 1.29 is 34.2 Å². The van der Waals surface area contributed by atoms with Crippen molar-refractivity contribution >= 4 is 29.7 Å². The number of hydrogen-bond donors (Lipinski definition) is 7. The molecule has 0 bridgehead atoms. The number of carbonyl (C=O) groups is 5. The van der Waals surface area contributed by atoms with Gasteiger partial charge in [0.1, 0.15) is 18.1 Å². The van der Waals surface area contributed by atoms with Gasteiger partial charge < -0.3 is 37.6 Å². The SMILES string of the molecule is CC(C)CC(N)C(=O)NC(C(=O)NC(CCCCN)C(=O)NC(CC(=O)O)C(=O)O)C(C)C. The Morgan fingerprint density at radius 3 is 1.85 bits per heavy atom. The maximum Gasteiger partial charge on any atom is 0.326 e. The minimum absolute atomic E-state index is 0.153. The smallest absolute Gasteiger partial charge is 0.326 e. The fourth-order valence-corrected chi connectivity index (χ4v) is 3.08. The molecule has 9 N–H and O–H groups in total. The third-order valence-electron chi connectivity index (χ3n) is 4.88. The van der Waals surface area contributed by atoms with Gasteiger partial charge in [0.25, 0.3) is 0 Å². The third kappa shape index (κ3) is 12.2. The zero-order chi connectivity index (χ0) is 25.7. The lowest BCUT2D eigenvalue weighted by Crippen LogP contribution is -2.58. The summed E-state index contributed by atoms with van der Waals surface area (Å²) in [7, 11) is 0. The van der Waals surface area contributed by atoms with Crippen LogP contribution in [0.1, 0.15) is 59.8 Å². The third-order valence-corrected chi connectivity index (χ3v) is 4.88. The topological polar surface area (TPSA) is 214 Å². The van der Waals surface area contributed by atoms with Crippen molar-refractivity contribution in [2.45, 2.75) is 84.0 Å². The van der Waals surface area contributed by atoms with Crippen LogP contribution in [0.2, 0.25) is 0 Å². The van der Waals surface area contributed by atoms with Crippen molar-refractivity contribution in [2.75, 3.05) is 6.54 Å². The average molecular weight is 474 g/mol. The number of carboxylic acid groups (broad SMARTS) is 2. The Morgan fingerprint density at radius 2 is 1.39 bits per heavy atom. The van der Waals surface area contributed by atoms with Gasteiger partial charge in [0.05, 0.1) is 12.5 Å². The Labute approximate surface area is 194 Å². The van der Waals surface area contributed by atoms with Gasteiger partial charge in [-0.25, -0.2) is 4.79 Å². The van der Waals surface area contributed by atoms with Crippen LogP contribution in [0, 0.1) is 11.8 Å². The molecule has 0 aliphatic carbocycles. The summed E-state index contributed by atoms with van der Waals surface area (Å²) in [6.07, 6.45) is 0.792. The first-order valence-corrected chi connectivity index (χ1v) is 11.1. The van der Waals surface area contributed by atoms with E-state index in [1.807, 2.05) is 13.8 Å². The molecule has 0 aliphatic heterocycles. The minimum Gasteiger partial charge on any atom is -0.481 e. The number of amides is 3. The molecular formula is C21H39N5O7. The van der Waals surface area contributed by atoms with E-state index in [1.54, 1.807) is 13.8 Å². The average Bonchev–Trinajstić information content (AvgIpc) is 2.69. The van der Waals surface area contributed by atoms with Crippen molar-refractivity contribution in [2.24, 2.45) is 23.3 Å². The highest BCUT2D eigenvalue weighted by atomic mass is 16.4. The van der Waals surface area contributed by atoms with E-state index in [0.717, 1.165) is 0 Å². The van der Waals surface area contributed by atoms with Crippen LogP contribution in [0.15, 0.2) is 0 Å². The Kier molecular flexibility index (Phi) is 13.9. The minimum atomic E-state index is -1.65. The predicted octanol–water partition coefficient (Wildman–Crippen LogP) is -0.841. The molecule has 0 aromatic carbocycles. The second kappa shape index (κ2) is 15.2. The van der Waals surface area contributed by atoms with E-state index in [-0.39, 0.29) is 18.3 Å². The first-order valence-electron chi connectivity index (χ1n) is 11.1. The number of rotatable bonds is 16. The van der Waals surface area contributed by atoms with Gasteiger partial charge in [0.2, 0.25) is 17.7 Å². The quantitative estimate of drug-likeness (QED) is 0.139. The summed E-state index contributed by atoms with van der Waals surface area (Å²) in [4.78, 5) is 60.2. The first kappa shape index (κ1) is 30.3. The summed E-state index contributed by atoms with van der Waals surface area (Å²) < 4.78 is 0. The van der Waals surface area contributed by atoms with Gasteiger partial charge in [0, 0.05) is 0 Å². The van der Waals surface area contributed by atoms with Crippen LogP contribution < -0.4 is 27.4 Å². The number of carboxylic acids is 2. The molecular weight excluding hydrogens is 434 g/mol. The number of unbranched alkanes of at least 4 members (excludes halogenated alkanes) is 1. The number of nitrogens with two attached hydrogens (primary N) is 2. The number of aliphatic carboxylic acids is 2. The largest absolute Gasteiger partial charge is 0.481 e. The van der Waals surface area contributed by atoms with Crippen molar-refractivity contribution in [1.29, 1.82) is 0 Å². The Balaban J connectivity index is 5.45. The molecule has 0 rings (SSSR count). The Hall–Kier alpha value is -2.73. The van der Waals surface area contributed by atoms with Gasteiger partial charge in [0.15, 0.2) is 0 Å². The summed E-state index contributed by atoms with van der Waals surface area (Å²) >= 11 is 0. The fourth-order valence-electron chi connectivity index (χ4n) is 3.08. The van der Waals surface area contributed by atoms with E-state index in [9.17, 15) is 29.1 Å². The second-order valence-electron chi connectivity index (χ2n) is 8.81. The summed E-state index contributed by atoms with van der Waals surface area (Å²) in [5.41, 5.74) is 11.4. The molecule has 12 nitrogen and oxygen atoms in total. The maximum atomic E-state index is 12.9. The molecule has 0 aromatic rings. The molecule has 4 atom stereocenters. The summed E-state index contributed by atoms with van der Waals surface area (Å²) in [6, 6.07) is -4.56. The van der Waals surface area contributed by atoms with Crippen LogP contribution in [0.3, 0.4) is 0 Å². The van der Waals surface area contributed by atoms with Gasteiger partial charge >= 0.3 is 11.9 Å². The van der Waals surface area contributed by atoms with Gasteiger partial charge in [-0.3, -0.25) is 19.2 Å². The van der Waals surface area contributed by atoms with Crippen LogP contribution in [0.5, 0.6) is 0 Å². The van der Waals surface area contributed by atoms with Crippen molar-refractivity contribution in [3.8, 4) is 0 Å². The van der Waals surface area contributed by atoms with Crippen LogP contribution in [0.4, 0.5) is 0 Å². The van der Waals surface area contributed by atoms with Crippen LogP contribution in [0.25, 0.3) is 0 Å². The van der Waals surface area contributed by atoms with Gasteiger partial charge in [-0.05, 0) is 44.1 Å². The maximum absolute atomic E-state index is 12.9. The summed E-state index contributed by atoms with van der Waals surface area (Å²) in [6.45, 7) is 7.63. The zero-order valence-electron chi connectivity index (χ0n) is 19.8. The van der Waals surface area contributed by atoms with Crippen LogP contribution >= 0.6 is 0 Å². The molecule has 190 valence electrons. The molecule has 0 aromatic heterocycles. The Morgan fingerprint density at radius 1 is 0.818 bits per heavy atom.